The fourth-order valence-corrected chi connectivity index (χ4v) is 5.05. The summed E-state index contributed by atoms with van der Waals surface area (Å²) in [6.07, 6.45) is 5.79. The second kappa shape index (κ2) is 5.04. The average molecular weight is 332 g/mol. The number of fused-ring (bicyclic) bond motifs is 3. The van der Waals surface area contributed by atoms with E-state index >= 15 is 0 Å². The molecule has 3 nitrogen and oxygen atoms in total. The van der Waals surface area contributed by atoms with Gasteiger partial charge < -0.3 is 4.74 Å². The van der Waals surface area contributed by atoms with Crippen LogP contribution in [0.2, 0.25) is 0 Å². The van der Waals surface area contributed by atoms with Crippen LogP contribution in [0.3, 0.4) is 0 Å². The minimum absolute atomic E-state index is 0.299. The molecule has 1 spiro atoms. The van der Waals surface area contributed by atoms with Gasteiger partial charge in [-0.1, -0.05) is 12.1 Å². The van der Waals surface area contributed by atoms with Crippen LogP contribution in [0, 0.1) is 5.41 Å². The molecule has 0 aromatic heterocycles. The van der Waals surface area contributed by atoms with E-state index in [0.717, 1.165) is 43.2 Å². The Kier molecular flexibility index (Phi) is 3.00. The molecule has 3 heteroatoms. The van der Waals surface area contributed by atoms with E-state index in [1.807, 2.05) is 18.2 Å². The highest BCUT2D eigenvalue weighted by molar-refractivity contribution is 6.06. The highest BCUT2D eigenvalue weighted by Crippen LogP contribution is 2.48. The van der Waals surface area contributed by atoms with E-state index < -0.39 is 0 Å². The number of methoxy groups -OCH3 is 1. The number of carbonyl (C=O) groups excluding carboxylic acids is 2. The zero-order valence-electron chi connectivity index (χ0n) is 14.4. The Labute approximate surface area is 147 Å². The van der Waals surface area contributed by atoms with E-state index in [2.05, 4.69) is 12.1 Å². The average Bonchev–Trinajstić information content (AvgIpc) is 3.28. The number of aryl methyl sites for hydroxylation is 2. The first-order chi connectivity index (χ1) is 12.1. The molecule has 0 heterocycles. The molecule has 0 saturated heterocycles. The zero-order chi connectivity index (χ0) is 17.2. The largest absolute Gasteiger partial charge is 0.465 e. The lowest BCUT2D eigenvalue weighted by Gasteiger charge is -2.20. The Morgan fingerprint density at radius 3 is 2.44 bits per heavy atom. The highest BCUT2D eigenvalue weighted by atomic mass is 16.5. The van der Waals surface area contributed by atoms with E-state index in [-0.39, 0.29) is 11.4 Å². The maximum atomic E-state index is 13.3. The van der Waals surface area contributed by atoms with Crippen molar-refractivity contribution in [2.45, 2.75) is 38.5 Å². The number of hydrogen-bond donors (Lipinski definition) is 0. The first-order valence-electron chi connectivity index (χ1n) is 8.99. The van der Waals surface area contributed by atoms with Gasteiger partial charge in [-0.25, -0.2) is 4.79 Å². The SMILES string of the molecule is COC(=O)c1ccc2c(c1)C[C@]1(C2)Cc2cc3c(cc2C1=O)CCC3. The Morgan fingerprint density at radius 1 is 0.920 bits per heavy atom. The van der Waals surface area contributed by atoms with Crippen molar-refractivity contribution >= 4 is 11.8 Å². The molecular weight excluding hydrogens is 312 g/mol. The lowest BCUT2D eigenvalue weighted by Crippen LogP contribution is -2.28. The van der Waals surface area contributed by atoms with Crippen LogP contribution in [0.4, 0.5) is 0 Å². The van der Waals surface area contributed by atoms with Gasteiger partial charge in [0.15, 0.2) is 5.78 Å². The third kappa shape index (κ3) is 2.05. The summed E-state index contributed by atoms with van der Waals surface area (Å²) in [4.78, 5) is 25.1. The number of Topliss-reactive ketones (excluding diaryl/α,β-unsaturated/α-hetero) is 1. The monoisotopic (exact) mass is 332 g/mol. The topological polar surface area (TPSA) is 43.4 Å². The van der Waals surface area contributed by atoms with Gasteiger partial charge in [-0.15, -0.1) is 0 Å². The summed E-state index contributed by atoms with van der Waals surface area (Å²) < 4.78 is 4.82. The molecule has 0 N–H and O–H groups in total. The van der Waals surface area contributed by atoms with Crippen molar-refractivity contribution < 1.29 is 14.3 Å². The molecule has 0 saturated carbocycles. The number of carbonyl (C=O) groups is 2. The van der Waals surface area contributed by atoms with Gasteiger partial charge in [0, 0.05) is 11.0 Å². The molecule has 126 valence electrons. The summed E-state index contributed by atoms with van der Waals surface area (Å²) >= 11 is 0. The van der Waals surface area contributed by atoms with Crippen LogP contribution < -0.4 is 0 Å². The predicted octanol–water partition coefficient (Wildman–Crippen LogP) is 3.49. The second-order valence-electron chi connectivity index (χ2n) is 7.75. The number of esters is 1. The zero-order valence-corrected chi connectivity index (χ0v) is 14.4. The van der Waals surface area contributed by atoms with Gasteiger partial charge in [-0.05, 0) is 84.5 Å². The molecule has 0 radical (unpaired) electrons. The maximum absolute atomic E-state index is 13.3. The normalized spacial score (nSPS) is 22.8. The predicted molar refractivity (Wildman–Crippen MR) is 94.1 cm³/mol. The van der Waals surface area contributed by atoms with E-state index in [1.165, 1.54) is 35.8 Å². The minimum atomic E-state index is -0.339. The van der Waals surface area contributed by atoms with Crippen LogP contribution in [0.1, 0.15) is 55.0 Å². The molecule has 1 atom stereocenters. The molecule has 0 aliphatic heterocycles. The summed E-state index contributed by atoms with van der Waals surface area (Å²) in [6, 6.07) is 10.2. The number of benzene rings is 2. The first-order valence-corrected chi connectivity index (χ1v) is 8.99. The molecule has 0 bridgehead atoms. The van der Waals surface area contributed by atoms with Gasteiger partial charge >= 0.3 is 5.97 Å². The van der Waals surface area contributed by atoms with Crippen molar-refractivity contribution in [3.05, 3.63) is 69.3 Å². The van der Waals surface area contributed by atoms with Crippen LogP contribution in [-0.4, -0.2) is 18.9 Å². The van der Waals surface area contributed by atoms with Gasteiger partial charge in [0.2, 0.25) is 0 Å². The summed E-state index contributed by atoms with van der Waals surface area (Å²) in [5.74, 6) is -0.0192. The lowest BCUT2D eigenvalue weighted by atomic mass is 9.81. The third-order valence-corrected chi connectivity index (χ3v) is 6.26. The number of rotatable bonds is 1. The Hall–Kier alpha value is -2.42. The Balaban J connectivity index is 1.51. The fraction of sp³-hybridized carbons (Fsp3) is 0.364. The van der Waals surface area contributed by atoms with E-state index in [9.17, 15) is 9.59 Å². The van der Waals surface area contributed by atoms with E-state index in [0.29, 0.717) is 11.3 Å². The molecule has 3 aliphatic carbocycles. The van der Waals surface area contributed by atoms with Gasteiger partial charge in [-0.2, -0.15) is 0 Å². The number of ketones is 1. The van der Waals surface area contributed by atoms with Crippen LogP contribution >= 0.6 is 0 Å². The number of hydrogen-bond acceptors (Lipinski definition) is 3. The van der Waals surface area contributed by atoms with Gasteiger partial charge in [0.25, 0.3) is 0 Å². The van der Waals surface area contributed by atoms with Gasteiger partial charge in [0.05, 0.1) is 12.7 Å². The van der Waals surface area contributed by atoms with Crippen molar-refractivity contribution in [2.24, 2.45) is 5.41 Å². The molecule has 5 rings (SSSR count). The van der Waals surface area contributed by atoms with E-state index in [4.69, 9.17) is 4.74 Å². The first kappa shape index (κ1) is 14.9. The Morgan fingerprint density at radius 2 is 1.64 bits per heavy atom. The quantitative estimate of drug-likeness (QED) is 0.751. The Bertz CT molecular complexity index is 941. The summed E-state index contributed by atoms with van der Waals surface area (Å²) in [5.41, 5.74) is 7.53. The minimum Gasteiger partial charge on any atom is -0.465 e. The third-order valence-electron chi connectivity index (χ3n) is 6.26. The molecule has 0 fully saturated rings. The fourth-order valence-electron chi connectivity index (χ4n) is 5.05. The van der Waals surface area contributed by atoms with Crippen LogP contribution in [-0.2, 0) is 36.8 Å². The molecule has 0 unspecified atom stereocenters. The van der Waals surface area contributed by atoms with Crippen LogP contribution in [0.15, 0.2) is 30.3 Å². The standard InChI is InChI=1S/C22H20O3/c1-25-21(24)15-5-6-16-10-22(11-17(16)8-15)12-18-7-13-3-2-4-14(13)9-19(18)20(22)23/h5-9H,2-4,10-12H2,1H3/t22-/m1/s1. The van der Waals surface area contributed by atoms with Crippen molar-refractivity contribution in [1.29, 1.82) is 0 Å². The molecule has 3 aliphatic rings. The molecular formula is C22H20O3. The summed E-state index contributed by atoms with van der Waals surface area (Å²) in [6.45, 7) is 0. The van der Waals surface area contributed by atoms with Crippen molar-refractivity contribution in [3.8, 4) is 0 Å². The highest BCUT2D eigenvalue weighted by Gasteiger charge is 2.49. The molecule has 25 heavy (non-hydrogen) atoms. The van der Waals surface area contributed by atoms with Gasteiger partial charge in [-0.3, -0.25) is 4.79 Å². The molecule has 2 aromatic carbocycles. The second-order valence-corrected chi connectivity index (χ2v) is 7.75. The number of ether oxygens (including phenoxy) is 1. The molecule has 0 amide bonds. The lowest BCUT2D eigenvalue weighted by molar-refractivity contribution is 0.0600. The smallest absolute Gasteiger partial charge is 0.337 e. The van der Waals surface area contributed by atoms with Crippen molar-refractivity contribution in [2.75, 3.05) is 7.11 Å². The summed E-state index contributed by atoms with van der Waals surface area (Å²) in [7, 11) is 1.40. The van der Waals surface area contributed by atoms with Crippen molar-refractivity contribution in [1.82, 2.24) is 0 Å². The van der Waals surface area contributed by atoms with Gasteiger partial charge in [0.1, 0.15) is 0 Å². The van der Waals surface area contributed by atoms with E-state index in [1.54, 1.807) is 0 Å². The molecule has 2 aromatic rings. The van der Waals surface area contributed by atoms with Crippen LogP contribution in [0.25, 0.3) is 0 Å². The van der Waals surface area contributed by atoms with Crippen molar-refractivity contribution in [3.63, 3.8) is 0 Å². The van der Waals surface area contributed by atoms with Crippen LogP contribution in [0.5, 0.6) is 0 Å². The summed E-state index contributed by atoms with van der Waals surface area (Å²) in [5, 5.41) is 0. The maximum Gasteiger partial charge on any atom is 0.337 e.